The summed E-state index contributed by atoms with van der Waals surface area (Å²) in [4.78, 5) is 26.6. The number of ether oxygens (including phenoxy) is 2. The third-order valence-electron chi connectivity index (χ3n) is 7.63. The second kappa shape index (κ2) is 19.3. The molecule has 0 radical (unpaired) electrons. The van der Waals surface area contributed by atoms with Gasteiger partial charge in [0.2, 0.25) is 0 Å². The number of carbonyl (C=O) groups excluding carboxylic acids is 2. The highest BCUT2D eigenvalue weighted by atomic mass is 16.5. The first-order chi connectivity index (χ1) is 16.1. The number of hydrogen-bond acceptors (Lipinski definition) is 4. The van der Waals surface area contributed by atoms with Gasteiger partial charge in [-0.05, 0) is 37.5 Å². The van der Waals surface area contributed by atoms with Crippen LogP contribution in [-0.4, -0.2) is 25.2 Å². The van der Waals surface area contributed by atoms with Crippen LogP contribution in [0.15, 0.2) is 0 Å². The molecule has 0 N–H and O–H groups in total. The molecule has 0 aromatic carbocycles. The largest absolute Gasteiger partial charge is 0.465 e. The average molecular weight is 467 g/mol. The lowest BCUT2D eigenvalue weighted by Crippen LogP contribution is -2.40. The third-order valence-corrected chi connectivity index (χ3v) is 7.63. The van der Waals surface area contributed by atoms with E-state index >= 15 is 0 Å². The number of rotatable bonds is 18. The third kappa shape index (κ3) is 11.8. The molecule has 0 saturated heterocycles. The van der Waals surface area contributed by atoms with Gasteiger partial charge in [-0.25, -0.2) is 0 Å². The lowest BCUT2D eigenvalue weighted by Gasteiger charge is -2.31. The Balaban J connectivity index is 2.68. The molecule has 1 saturated carbocycles. The van der Waals surface area contributed by atoms with Crippen molar-refractivity contribution in [1.82, 2.24) is 0 Å². The fourth-order valence-corrected chi connectivity index (χ4v) is 5.48. The molecule has 33 heavy (non-hydrogen) atoms. The van der Waals surface area contributed by atoms with Crippen molar-refractivity contribution in [3.63, 3.8) is 0 Å². The van der Waals surface area contributed by atoms with Crippen LogP contribution in [0.4, 0.5) is 0 Å². The van der Waals surface area contributed by atoms with Crippen LogP contribution >= 0.6 is 0 Å². The van der Waals surface area contributed by atoms with Crippen molar-refractivity contribution < 1.29 is 19.1 Å². The van der Waals surface area contributed by atoms with E-state index in [2.05, 4.69) is 27.7 Å². The molecule has 0 aliphatic heterocycles. The maximum Gasteiger partial charge on any atom is 0.310 e. The molecule has 1 fully saturated rings. The van der Waals surface area contributed by atoms with E-state index in [9.17, 15) is 9.59 Å². The van der Waals surface area contributed by atoms with Crippen molar-refractivity contribution in [2.45, 2.75) is 137 Å². The van der Waals surface area contributed by atoms with Crippen molar-refractivity contribution in [2.24, 2.45) is 23.7 Å². The highest BCUT2D eigenvalue weighted by Gasteiger charge is 2.45. The van der Waals surface area contributed by atoms with E-state index in [1.54, 1.807) is 0 Å². The molecule has 0 heterocycles. The summed E-state index contributed by atoms with van der Waals surface area (Å²) in [7, 11) is 0. The van der Waals surface area contributed by atoms with Gasteiger partial charge in [-0.15, -0.1) is 0 Å². The van der Waals surface area contributed by atoms with Crippen LogP contribution < -0.4 is 0 Å². The van der Waals surface area contributed by atoms with E-state index in [0.717, 1.165) is 57.8 Å². The van der Waals surface area contributed by atoms with E-state index in [0.29, 0.717) is 13.2 Å². The summed E-state index contributed by atoms with van der Waals surface area (Å²) in [5.74, 6) is -0.580. The van der Waals surface area contributed by atoms with Crippen molar-refractivity contribution in [3.8, 4) is 0 Å². The van der Waals surface area contributed by atoms with Crippen LogP contribution in [0.2, 0.25) is 0 Å². The molecule has 0 amide bonds. The van der Waals surface area contributed by atoms with Crippen LogP contribution in [0.5, 0.6) is 0 Å². The zero-order valence-corrected chi connectivity index (χ0v) is 22.4. The highest BCUT2D eigenvalue weighted by molar-refractivity contribution is 5.82. The van der Waals surface area contributed by atoms with Crippen molar-refractivity contribution in [2.75, 3.05) is 13.2 Å². The molecule has 1 aliphatic carbocycles. The van der Waals surface area contributed by atoms with E-state index in [-0.39, 0.29) is 35.6 Å². The predicted octanol–water partition coefficient (Wildman–Crippen LogP) is 8.26. The van der Waals surface area contributed by atoms with Crippen molar-refractivity contribution >= 4 is 11.9 Å². The standard InChI is InChI=1S/C29H54O4/c1-5-9-11-13-15-17-22-32-28(30)26-24(7-3)20-19-21-25(8-4)27(26)29(31)33-23-18-16-14-12-10-6-2/h24-27H,5-23H2,1-4H3. The molecule has 1 aliphatic rings. The molecule has 1 rings (SSSR count). The first kappa shape index (κ1) is 30.0. The van der Waals surface area contributed by atoms with Gasteiger partial charge < -0.3 is 9.47 Å². The van der Waals surface area contributed by atoms with E-state index < -0.39 is 0 Å². The Labute approximate surface area is 205 Å². The van der Waals surface area contributed by atoms with Gasteiger partial charge in [0.15, 0.2) is 0 Å². The summed E-state index contributed by atoms with van der Waals surface area (Å²) < 4.78 is 11.6. The Hall–Kier alpha value is -1.06. The molecular weight excluding hydrogens is 412 g/mol. The minimum absolute atomic E-state index is 0.155. The molecular formula is C29H54O4. The number of hydrogen-bond donors (Lipinski definition) is 0. The van der Waals surface area contributed by atoms with Gasteiger partial charge in [-0.3, -0.25) is 9.59 Å². The zero-order valence-electron chi connectivity index (χ0n) is 22.4. The van der Waals surface area contributed by atoms with Gasteiger partial charge in [0.25, 0.3) is 0 Å². The minimum Gasteiger partial charge on any atom is -0.465 e. The Morgan fingerprint density at radius 2 is 0.939 bits per heavy atom. The van der Waals surface area contributed by atoms with Gasteiger partial charge in [-0.2, -0.15) is 0 Å². The van der Waals surface area contributed by atoms with Gasteiger partial charge in [0.05, 0.1) is 25.0 Å². The molecule has 194 valence electrons. The van der Waals surface area contributed by atoms with E-state index in [1.165, 1.54) is 51.4 Å². The quantitative estimate of drug-likeness (QED) is 0.116. The normalized spacial score (nSPS) is 23.2. The van der Waals surface area contributed by atoms with Crippen LogP contribution in [0, 0.1) is 23.7 Å². The van der Waals surface area contributed by atoms with Gasteiger partial charge >= 0.3 is 11.9 Å². The molecule has 0 aromatic heterocycles. The summed E-state index contributed by atoms with van der Waals surface area (Å²) in [6, 6.07) is 0. The Morgan fingerprint density at radius 3 is 1.30 bits per heavy atom. The summed E-state index contributed by atoms with van der Waals surface area (Å²) >= 11 is 0. The van der Waals surface area contributed by atoms with Crippen LogP contribution in [-0.2, 0) is 19.1 Å². The molecule has 0 aromatic rings. The molecule has 4 unspecified atom stereocenters. The molecule has 4 atom stereocenters. The second-order valence-corrected chi connectivity index (χ2v) is 10.2. The highest BCUT2D eigenvalue weighted by Crippen LogP contribution is 2.41. The average Bonchev–Trinajstić information content (AvgIpc) is 3.01. The number of unbranched alkanes of at least 4 members (excludes halogenated alkanes) is 10. The first-order valence-electron chi connectivity index (χ1n) is 14.4. The monoisotopic (exact) mass is 466 g/mol. The zero-order chi connectivity index (χ0) is 24.3. The second-order valence-electron chi connectivity index (χ2n) is 10.2. The lowest BCUT2D eigenvalue weighted by molar-refractivity contribution is -0.165. The Kier molecular flexibility index (Phi) is 17.5. The topological polar surface area (TPSA) is 52.6 Å². The summed E-state index contributed by atoms with van der Waals surface area (Å²) in [5, 5.41) is 0. The fourth-order valence-electron chi connectivity index (χ4n) is 5.48. The fraction of sp³-hybridized carbons (Fsp3) is 0.931. The number of esters is 2. The molecule has 0 spiro atoms. The first-order valence-corrected chi connectivity index (χ1v) is 14.4. The van der Waals surface area contributed by atoms with Crippen molar-refractivity contribution in [3.05, 3.63) is 0 Å². The number of carbonyl (C=O) groups is 2. The lowest BCUT2D eigenvalue weighted by atomic mass is 9.74. The molecule has 4 heteroatoms. The summed E-state index contributed by atoms with van der Waals surface area (Å²) in [6.45, 7) is 9.68. The minimum atomic E-state index is -0.348. The van der Waals surface area contributed by atoms with Crippen molar-refractivity contribution in [1.29, 1.82) is 0 Å². The van der Waals surface area contributed by atoms with Crippen LogP contribution in [0.1, 0.15) is 137 Å². The van der Waals surface area contributed by atoms with E-state index in [1.807, 2.05) is 0 Å². The predicted molar refractivity (Wildman–Crippen MR) is 137 cm³/mol. The molecule has 0 bridgehead atoms. The van der Waals surface area contributed by atoms with E-state index in [4.69, 9.17) is 9.47 Å². The molecule has 4 nitrogen and oxygen atoms in total. The Morgan fingerprint density at radius 1 is 0.576 bits per heavy atom. The van der Waals surface area contributed by atoms with Gasteiger partial charge in [0.1, 0.15) is 0 Å². The maximum atomic E-state index is 13.3. The maximum absolute atomic E-state index is 13.3. The smallest absolute Gasteiger partial charge is 0.310 e. The van der Waals surface area contributed by atoms with Crippen LogP contribution in [0.3, 0.4) is 0 Å². The summed E-state index contributed by atoms with van der Waals surface area (Å²) in [6.07, 6.45) is 18.9. The Bertz CT molecular complexity index is 460. The summed E-state index contributed by atoms with van der Waals surface area (Å²) in [5.41, 5.74) is 0. The SMILES string of the molecule is CCCCCCCCOC(=O)C1C(CC)CCCC(CC)C1C(=O)OCCCCCCCC. The van der Waals surface area contributed by atoms with Gasteiger partial charge in [0, 0.05) is 0 Å². The van der Waals surface area contributed by atoms with Crippen LogP contribution in [0.25, 0.3) is 0 Å². The van der Waals surface area contributed by atoms with Gasteiger partial charge in [-0.1, -0.05) is 111 Å².